The van der Waals surface area contributed by atoms with Crippen molar-refractivity contribution in [3.05, 3.63) is 59.7 Å². The van der Waals surface area contributed by atoms with Crippen molar-refractivity contribution < 1.29 is 14.7 Å². The van der Waals surface area contributed by atoms with Gasteiger partial charge in [0.05, 0.1) is 16.8 Å². The van der Waals surface area contributed by atoms with Crippen molar-refractivity contribution in [2.75, 3.05) is 0 Å². The van der Waals surface area contributed by atoms with Gasteiger partial charge in [-0.1, -0.05) is 55.7 Å². The second kappa shape index (κ2) is 8.96. The molecule has 1 aliphatic rings. The van der Waals surface area contributed by atoms with Crippen molar-refractivity contribution in [2.24, 2.45) is 0 Å². The van der Waals surface area contributed by atoms with Gasteiger partial charge in [-0.25, -0.2) is 4.79 Å². The van der Waals surface area contributed by atoms with Gasteiger partial charge in [-0.2, -0.15) is 0 Å². The van der Waals surface area contributed by atoms with Crippen molar-refractivity contribution in [2.45, 2.75) is 64.5 Å². The number of nitrogens with zero attached hydrogens (tertiary/aromatic N) is 1. The number of amides is 1. The predicted octanol–water partition coefficient (Wildman–Crippen LogP) is 5.58. The fourth-order valence-electron chi connectivity index (χ4n) is 4.90. The van der Waals surface area contributed by atoms with Crippen LogP contribution in [0.1, 0.15) is 67.8 Å². The number of carboxylic acids is 1. The monoisotopic (exact) mass is 418 g/mol. The number of carboxylic acid groups (broad SMARTS) is 1. The number of benzene rings is 2. The third-order valence-electron chi connectivity index (χ3n) is 6.16. The fourth-order valence-corrected chi connectivity index (χ4v) is 4.90. The molecule has 0 atom stereocenters. The number of aromatic carboxylic acids is 1. The van der Waals surface area contributed by atoms with Crippen LogP contribution in [0.3, 0.4) is 0 Å². The first-order valence-electron chi connectivity index (χ1n) is 11.2. The van der Waals surface area contributed by atoms with Crippen LogP contribution in [-0.4, -0.2) is 27.6 Å². The van der Waals surface area contributed by atoms with Gasteiger partial charge in [-0.15, -0.1) is 0 Å². The Morgan fingerprint density at radius 1 is 1.06 bits per heavy atom. The van der Waals surface area contributed by atoms with Crippen LogP contribution in [0.5, 0.6) is 0 Å². The van der Waals surface area contributed by atoms with Crippen LogP contribution < -0.4 is 5.32 Å². The van der Waals surface area contributed by atoms with E-state index in [1.54, 1.807) is 12.1 Å². The number of rotatable bonds is 6. The van der Waals surface area contributed by atoms with E-state index in [9.17, 15) is 14.7 Å². The fraction of sp³-hybridized carbons (Fsp3) is 0.385. The topological polar surface area (TPSA) is 71.3 Å². The van der Waals surface area contributed by atoms with Crippen LogP contribution in [-0.2, 0) is 11.3 Å². The number of fused-ring (bicyclic) bond motifs is 1. The molecule has 3 aromatic rings. The van der Waals surface area contributed by atoms with Gasteiger partial charge in [0, 0.05) is 11.4 Å². The molecule has 0 spiro atoms. The number of nitrogens with one attached hydrogen (secondary N) is 1. The van der Waals surface area contributed by atoms with Crippen molar-refractivity contribution in [1.82, 2.24) is 9.88 Å². The van der Waals surface area contributed by atoms with E-state index < -0.39 is 5.97 Å². The second-order valence-corrected chi connectivity index (χ2v) is 8.81. The van der Waals surface area contributed by atoms with Crippen LogP contribution in [0.4, 0.5) is 0 Å². The van der Waals surface area contributed by atoms with E-state index >= 15 is 0 Å². The number of hydrogen-bond donors (Lipinski definition) is 2. The zero-order chi connectivity index (χ0) is 22.0. The lowest BCUT2D eigenvalue weighted by atomic mass is 9.82. The Morgan fingerprint density at radius 2 is 1.77 bits per heavy atom. The first kappa shape index (κ1) is 21.2. The highest BCUT2D eigenvalue weighted by atomic mass is 16.4. The van der Waals surface area contributed by atoms with E-state index in [0.29, 0.717) is 5.92 Å². The molecule has 2 N–H and O–H groups in total. The Balaban J connectivity index is 1.98. The van der Waals surface area contributed by atoms with E-state index in [-0.39, 0.29) is 24.1 Å². The third kappa shape index (κ3) is 4.36. The molecule has 0 unspecified atom stereocenters. The van der Waals surface area contributed by atoms with Crippen molar-refractivity contribution >= 4 is 22.8 Å². The summed E-state index contributed by atoms with van der Waals surface area (Å²) in [6, 6.07) is 15.6. The van der Waals surface area contributed by atoms with Crippen LogP contribution in [0.2, 0.25) is 0 Å². The molecule has 1 amide bonds. The molecular formula is C26H30N2O3. The van der Waals surface area contributed by atoms with Crippen LogP contribution in [0.25, 0.3) is 22.2 Å². The van der Waals surface area contributed by atoms with Crippen molar-refractivity contribution in [3.63, 3.8) is 0 Å². The molecular weight excluding hydrogens is 388 g/mol. The Morgan fingerprint density at radius 3 is 2.42 bits per heavy atom. The molecule has 31 heavy (non-hydrogen) atoms. The summed E-state index contributed by atoms with van der Waals surface area (Å²) in [4.78, 5) is 24.5. The normalized spacial score (nSPS) is 14.8. The lowest BCUT2D eigenvalue weighted by molar-refractivity contribution is -0.122. The third-order valence-corrected chi connectivity index (χ3v) is 6.16. The lowest BCUT2D eigenvalue weighted by Crippen LogP contribution is -2.33. The zero-order valence-electron chi connectivity index (χ0n) is 18.2. The lowest BCUT2D eigenvalue weighted by Gasteiger charge is -2.24. The van der Waals surface area contributed by atoms with Gasteiger partial charge in [0.25, 0.3) is 0 Å². The van der Waals surface area contributed by atoms with E-state index in [2.05, 4.69) is 17.4 Å². The first-order valence-corrected chi connectivity index (χ1v) is 11.2. The molecule has 1 heterocycles. The quantitative estimate of drug-likeness (QED) is 0.549. The molecule has 4 rings (SSSR count). The second-order valence-electron chi connectivity index (χ2n) is 8.81. The summed E-state index contributed by atoms with van der Waals surface area (Å²) in [6.07, 6.45) is 5.91. The van der Waals surface area contributed by atoms with Crippen molar-refractivity contribution in [3.8, 4) is 11.3 Å². The first-order chi connectivity index (χ1) is 15.0. The maximum atomic E-state index is 12.8. The largest absolute Gasteiger partial charge is 0.478 e. The van der Waals surface area contributed by atoms with Gasteiger partial charge >= 0.3 is 5.97 Å². The average Bonchev–Trinajstić information content (AvgIpc) is 3.07. The minimum Gasteiger partial charge on any atom is -0.478 e. The van der Waals surface area contributed by atoms with E-state index in [1.807, 2.05) is 42.7 Å². The summed E-state index contributed by atoms with van der Waals surface area (Å²) in [7, 11) is 0. The average molecular weight is 419 g/mol. The molecule has 1 fully saturated rings. The zero-order valence-corrected chi connectivity index (χ0v) is 18.2. The maximum Gasteiger partial charge on any atom is 0.335 e. The summed E-state index contributed by atoms with van der Waals surface area (Å²) < 4.78 is 2.03. The van der Waals surface area contributed by atoms with Gasteiger partial charge in [0.15, 0.2) is 0 Å². The molecule has 0 aliphatic heterocycles. The molecule has 0 bridgehead atoms. The Bertz CT molecular complexity index is 1090. The highest BCUT2D eigenvalue weighted by Crippen LogP contribution is 2.44. The van der Waals surface area contributed by atoms with Crippen molar-refractivity contribution in [1.29, 1.82) is 0 Å². The minimum atomic E-state index is -0.957. The molecule has 5 nitrogen and oxygen atoms in total. The summed E-state index contributed by atoms with van der Waals surface area (Å²) >= 11 is 0. The van der Waals surface area contributed by atoms with E-state index in [1.165, 1.54) is 24.8 Å². The molecule has 1 saturated carbocycles. The number of carbonyl (C=O) groups is 2. The predicted molar refractivity (Wildman–Crippen MR) is 123 cm³/mol. The summed E-state index contributed by atoms with van der Waals surface area (Å²) in [5.41, 5.74) is 4.43. The van der Waals surface area contributed by atoms with Gasteiger partial charge < -0.3 is 15.0 Å². The molecule has 1 aromatic heterocycles. The Kier molecular flexibility index (Phi) is 6.12. The van der Waals surface area contributed by atoms with E-state index in [4.69, 9.17) is 0 Å². The highest BCUT2D eigenvalue weighted by molar-refractivity contribution is 5.99. The molecule has 0 radical (unpaired) electrons. The molecule has 5 heteroatoms. The van der Waals surface area contributed by atoms with Gasteiger partial charge in [0.2, 0.25) is 5.91 Å². The molecule has 2 aromatic carbocycles. The number of carbonyl (C=O) groups excluding carboxylic acids is 1. The number of aromatic nitrogens is 1. The highest BCUT2D eigenvalue weighted by Gasteiger charge is 2.27. The van der Waals surface area contributed by atoms with Gasteiger partial charge in [-0.05, 0) is 55.9 Å². The van der Waals surface area contributed by atoms with Crippen LogP contribution in [0.15, 0.2) is 48.5 Å². The summed E-state index contributed by atoms with van der Waals surface area (Å²) in [5.74, 6) is -0.613. The standard InChI is InChI=1S/C26H30N2O3/c1-17(2)27-23(29)16-28-22-15-20(26(30)31)13-14-21(22)24(18-9-5-3-6-10-18)25(28)19-11-7-4-8-12-19/h4,7-8,11-15,17-18H,3,5-6,9-10,16H2,1-2H3,(H,27,29)(H,30,31). The molecule has 1 aliphatic carbocycles. The molecule has 162 valence electrons. The van der Waals surface area contributed by atoms with Crippen LogP contribution in [0, 0.1) is 0 Å². The Labute approximate surface area is 183 Å². The number of hydrogen-bond acceptors (Lipinski definition) is 2. The van der Waals surface area contributed by atoms with Gasteiger partial charge in [-0.3, -0.25) is 4.79 Å². The van der Waals surface area contributed by atoms with E-state index in [0.717, 1.165) is 35.0 Å². The van der Waals surface area contributed by atoms with Gasteiger partial charge in [0.1, 0.15) is 6.54 Å². The maximum absolute atomic E-state index is 12.8. The minimum absolute atomic E-state index is 0.0434. The smallest absolute Gasteiger partial charge is 0.335 e. The van der Waals surface area contributed by atoms with Crippen LogP contribution >= 0.6 is 0 Å². The SMILES string of the molecule is CC(C)NC(=O)Cn1c(-c2ccccc2)c(C2CCCCC2)c2ccc(C(=O)O)cc21. The summed E-state index contributed by atoms with van der Waals surface area (Å²) in [6.45, 7) is 4.05. The summed E-state index contributed by atoms with van der Waals surface area (Å²) in [5, 5.41) is 13.6. The Hall–Kier alpha value is -3.08. The molecule has 0 saturated heterocycles.